The number of carbonyl (C=O) groups excluding carboxylic acids is 1. The van der Waals surface area contributed by atoms with Gasteiger partial charge in [0.25, 0.3) is 5.91 Å². The average Bonchev–Trinajstić information content (AvgIpc) is 2.76. The summed E-state index contributed by atoms with van der Waals surface area (Å²) in [5.41, 5.74) is 4.09. The van der Waals surface area contributed by atoms with Crippen molar-refractivity contribution in [2.24, 2.45) is 0 Å². The van der Waals surface area contributed by atoms with Gasteiger partial charge in [-0.05, 0) is 67.4 Å². The molecule has 0 saturated carbocycles. The highest BCUT2D eigenvalue weighted by Gasteiger charge is 2.07. The fourth-order valence-corrected chi connectivity index (χ4v) is 2.79. The Labute approximate surface area is 171 Å². The van der Waals surface area contributed by atoms with E-state index in [4.69, 9.17) is 10.00 Å². The summed E-state index contributed by atoms with van der Waals surface area (Å²) >= 11 is 0. The van der Waals surface area contributed by atoms with E-state index in [2.05, 4.69) is 16.7 Å². The molecule has 3 aromatic rings. The lowest BCUT2D eigenvalue weighted by atomic mass is 10.1. The van der Waals surface area contributed by atoms with E-state index in [-0.39, 0.29) is 5.91 Å². The molecule has 0 saturated heterocycles. The minimum absolute atomic E-state index is 0.129. The summed E-state index contributed by atoms with van der Waals surface area (Å²) in [6.45, 7) is 3.34. The van der Waals surface area contributed by atoms with Gasteiger partial charge in [0.2, 0.25) is 0 Å². The second kappa shape index (κ2) is 9.95. The Balaban J connectivity index is 1.48. The minimum Gasteiger partial charge on any atom is -0.494 e. The lowest BCUT2D eigenvalue weighted by Crippen LogP contribution is -2.12. The Hall–Kier alpha value is -3.78. The predicted octanol–water partition coefficient (Wildman–Crippen LogP) is 5.00. The number of nitrogens with one attached hydrogen (secondary N) is 2. The molecule has 0 spiro atoms. The van der Waals surface area contributed by atoms with Gasteiger partial charge in [-0.1, -0.05) is 24.3 Å². The number of anilines is 2. The van der Waals surface area contributed by atoms with E-state index in [0.717, 1.165) is 35.7 Å². The molecule has 1 amide bonds. The van der Waals surface area contributed by atoms with Gasteiger partial charge in [-0.2, -0.15) is 5.26 Å². The number of carbonyl (C=O) groups is 1. The lowest BCUT2D eigenvalue weighted by molar-refractivity contribution is 0.102. The molecule has 0 aliphatic rings. The van der Waals surface area contributed by atoms with Gasteiger partial charge in [0.1, 0.15) is 5.75 Å². The monoisotopic (exact) mass is 385 g/mol. The summed E-state index contributed by atoms with van der Waals surface area (Å²) in [5.74, 6) is 0.627. The summed E-state index contributed by atoms with van der Waals surface area (Å²) < 4.78 is 5.69. The van der Waals surface area contributed by atoms with Crippen molar-refractivity contribution >= 4 is 17.3 Å². The van der Waals surface area contributed by atoms with Crippen LogP contribution in [0.25, 0.3) is 0 Å². The Morgan fingerprint density at radius 2 is 1.79 bits per heavy atom. The van der Waals surface area contributed by atoms with E-state index in [1.165, 1.54) is 0 Å². The molecule has 0 heterocycles. The molecular formula is C24H23N3O2. The molecule has 5 heteroatoms. The van der Waals surface area contributed by atoms with Crippen molar-refractivity contribution in [3.05, 3.63) is 89.5 Å². The molecule has 2 N–H and O–H groups in total. The van der Waals surface area contributed by atoms with E-state index < -0.39 is 0 Å². The third kappa shape index (κ3) is 5.85. The highest BCUT2D eigenvalue weighted by molar-refractivity contribution is 6.04. The second-order valence-electron chi connectivity index (χ2n) is 6.61. The van der Waals surface area contributed by atoms with Crippen LogP contribution in [0, 0.1) is 18.3 Å². The van der Waals surface area contributed by atoms with Crippen molar-refractivity contribution in [2.45, 2.75) is 13.3 Å². The average molecular weight is 385 g/mol. The number of benzene rings is 3. The number of nitrogens with zero attached hydrogens (tertiary/aromatic N) is 1. The molecule has 0 bridgehead atoms. The van der Waals surface area contributed by atoms with Crippen LogP contribution in [0.4, 0.5) is 11.4 Å². The highest BCUT2D eigenvalue weighted by Crippen LogP contribution is 2.21. The van der Waals surface area contributed by atoms with Crippen molar-refractivity contribution in [2.75, 3.05) is 23.8 Å². The number of hydrogen-bond donors (Lipinski definition) is 2. The molecule has 0 aliphatic carbocycles. The summed E-state index contributed by atoms with van der Waals surface area (Å²) in [4.78, 5) is 12.3. The van der Waals surface area contributed by atoms with E-state index in [1.807, 2.05) is 43.3 Å². The van der Waals surface area contributed by atoms with Gasteiger partial charge in [-0.3, -0.25) is 4.79 Å². The van der Waals surface area contributed by atoms with E-state index in [9.17, 15) is 4.79 Å². The topological polar surface area (TPSA) is 74.2 Å². The third-order valence-corrected chi connectivity index (χ3v) is 4.42. The molecule has 29 heavy (non-hydrogen) atoms. The van der Waals surface area contributed by atoms with Gasteiger partial charge in [-0.15, -0.1) is 0 Å². The Morgan fingerprint density at radius 3 is 2.52 bits per heavy atom. The normalized spacial score (nSPS) is 10.1. The quantitative estimate of drug-likeness (QED) is 0.535. The van der Waals surface area contributed by atoms with Crippen LogP contribution in [-0.4, -0.2) is 19.1 Å². The SMILES string of the molecule is Cc1ccc(NC(=O)c2ccccc2)cc1NCCCOc1ccc(C#N)cc1. The Bertz CT molecular complexity index is 993. The van der Waals surface area contributed by atoms with Gasteiger partial charge in [0.15, 0.2) is 0 Å². The molecule has 5 nitrogen and oxygen atoms in total. The Morgan fingerprint density at radius 1 is 1.03 bits per heavy atom. The van der Waals surface area contributed by atoms with Crippen LogP contribution >= 0.6 is 0 Å². The number of hydrogen-bond acceptors (Lipinski definition) is 4. The maximum atomic E-state index is 12.3. The predicted molar refractivity (Wildman–Crippen MR) is 115 cm³/mol. The molecule has 0 radical (unpaired) electrons. The molecule has 0 aliphatic heterocycles. The van der Waals surface area contributed by atoms with Gasteiger partial charge < -0.3 is 15.4 Å². The first-order chi connectivity index (χ1) is 14.2. The van der Waals surface area contributed by atoms with Gasteiger partial charge in [-0.25, -0.2) is 0 Å². The zero-order chi connectivity index (χ0) is 20.5. The molecule has 3 rings (SSSR count). The van der Waals surface area contributed by atoms with Gasteiger partial charge in [0, 0.05) is 23.5 Å². The summed E-state index contributed by atoms with van der Waals surface area (Å²) in [6, 6.07) is 24.1. The Kier molecular flexibility index (Phi) is 6.85. The van der Waals surface area contributed by atoms with Crippen LogP contribution in [0.1, 0.15) is 27.9 Å². The number of nitriles is 1. The van der Waals surface area contributed by atoms with E-state index in [0.29, 0.717) is 17.7 Å². The van der Waals surface area contributed by atoms with E-state index in [1.54, 1.807) is 36.4 Å². The van der Waals surface area contributed by atoms with Crippen molar-refractivity contribution in [1.29, 1.82) is 5.26 Å². The van der Waals surface area contributed by atoms with Crippen LogP contribution in [0.5, 0.6) is 5.75 Å². The summed E-state index contributed by atoms with van der Waals surface area (Å²) in [7, 11) is 0. The van der Waals surface area contributed by atoms with Crippen molar-refractivity contribution in [3.8, 4) is 11.8 Å². The lowest BCUT2D eigenvalue weighted by Gasteiger charge is -2.13. The molecule has 3 aromatic carbocycles. The van der Waals surface area contributed by atoms with Crippen LogP contribution in [0.2, 0.25) is 0 Å². The van der Waals surface area contributed by atoms with E-state index >= 15 is 0 Å². The second-order valence-corrected chi connectivity index (χ2v) is 6.61. The highest BCUT2D eigenvalue weighted by atomic mass is 16.5. The molecule has 0 aromatic heterocycles. The van der Waals surface area contributed by atoms with Crippen molar-refractivity contribution in [3.63, 3.8) is 0 Å². The molecule has 0 atom stereocenters. The number of ether oxygens (including phenoxy) is 1. The number of rotatable bonds is 8. The van der Waals surface area contributed by atoms with Crippen LogP contribution < -0.4 is 15.4 Å². The van der Waals surface area contributed by atoms with Crippen molar-refractivity contribution in [1.82, 2.24) is 0 Å². The fourth-order valence-electron chi connectivity index (χ4n) is 2.79. The van der Waals surface area contributed by atoms with Gasteiger partial charge in [0.05, 0.1) is 18.2 Å². The summed E-state index contributed by atoms with van der Waals surface area (Å²) in [5, 5.41) is 15.1. The first-order valence-electron chi connectivity index (χ1n) is 9.49. The van der Waals surface area contributed by atoms with Crippen LogP contribution in [0.3, 0.4) is 0 Å². The van der Waals surface area contributed by atoms with Crippen LogP contribution in [0.15, 0.2) is 72.8 Å². The smallest absolute Gasteiger partial charge is 0.255 e. The number of amides is 1. The molecule has 146 valence electrons. The molecule has 0 unspecified atom stereocenters. The standard InChI is InChI=1S/C24H23N3O2/c1-18-8-11-21(27-24(28)20-6-3-2-4-7-20)16-23(18)26-14-5-15-29-22-12-9-19(17-25)10-13-22/h2-4,6-13,16,26H,5,14-15H2,1H3,(H,27,28). The first kappa shape index (κ1) is 20.0. The maximum Gasteiger partial charge on any atom is 0.255 e. The zero-order valence-electron chi connectivity index (χ0n) is 16.3. The summed E-state index contributed by atoms with van der Waals surface area (Å²) in [6.07, 6.45) is 0.819. The third-order valence-electron chi connectivity index (χ3n) is 4.42. The van der Waals surface area contributed by atoms with Crippen molar-refractivity contribution < 1.29 is 9.53 Å². The first-order valence-corrected chi connectivity index (χ1v) is 9.49. The van der Waals surface area contributed by atoms with Crippen LogP contribution in [-0.2, 0) is 0 Å². The zero-order valence-corrected chi connectivity index (χ0v) is 16.3. The maximum absolute atomic E-state index is 12.3. The largest absolute Gasteiger partial charge is 0.494 e. The number of aryl methyl sites for hydroxylation is 1. The minimum atomic E-state index is -0.129. The molecule has 0 fully saturated rings. The fraction of sp³-hybridized carbons (Fsp3) is 0.167. The molecular weight excluding hydrogens is 362 g/mol. The van der Waals surface area contributed by atoms with Gasteiger partial charge >= 0.3 is 0 Å².